The van der Waals surface area contributed by atoms with Gasteiger partial charge in [0.15, 0.2) is 0 Å². The van der Waals surface area contributed by atoms with Crippen molar-refractivity contribution >= 4 is 20.2 Å². The molecule has 20 heavy (non-hydrogen) atoms. The van der Waals surface area contributed by atoms with Gasteiger partial charge >= 0.3 is 10.2 Å². The van der Waals surface area contributed by atoms with Gasteiger partial charge < -0.3 is 0 Å². The quantitative estimate of drug-likeness (QED) is 0.794. The van der Waals surface area contributed by atoms with Crippen LogP contribution in [0.4, 0.5) is 3.89 Å². The van der Waals surface area contributed by atoms with Crippen molar-refractivity contribution in [3.63, 3.8) is 0 Å². The molecule has 0 unspecified atom stereocenters. The Hall–Kier alpha value is -0.990. The number of hydrogen-bond donors (Lipinski definition) is 0. The first-order chi connectivity index (χ1) is 9.23. The zero-order valence-electron chi connectivity index (χ0n) is 11.0. The van der Waals surface area contributed by atoms with Gasteiger partial charge in [0, 0.05) is 13.1 Å². The van der Waals surface area contributed by atoms with Crippen LogP contribution in [0.2, 0.25) is 0 Å². The van der Waals surface area contributed by atoms with Crippen LogP contribution < -0.4 is 0 Å². The molecular formula is C12H16FNO4S2. The van der Waals surface area contributed by atoms with Crippen molar-refractivity contribution in [1.29, 1.82) is 0 Å². The van der Waals surface area contributed by atoms with Gasteiger partial charge in [-0.2, -0.15) is 12.7 Å². The minimum Gasteiger partial charge on any atom is -0.207 e. The maximum absolute atomic E-state index is 13.0. The lowest BCUT2D eigenvalue weighted by Crippen LogP contribution is -2.35. The van der Waals surface area contributed by atoms with Gasteiger partial charge in [-0.05, 0) is 31.0 Å². The van der Waals surface area contributed by atoms with Crippen molar-refractivity contribution in [2.24, 2.45) is 0 Å². The van der Waals surface area contributed by atoms with E-state index >= 15 is 0 Å². The van der Waals surface area contributed by atoms with E-state index in [-0.39, 0.29) is 10.9 Å². The van der Waals surface area contributed by atoms with E-state index in [0.29, 0.717) is 0 Å². The Morgan fingerprint density at radius 2 is 1.65 bits per heavy atom. The maximum Gasteiger partial charge on any atom is 0.332 e. The summed E-state index contributed by atoms with van der Waals surface area (Å²) in [5, 5.41) is 0. The highest BCUT2D eigenvalue weighted by molar-refractivity contribution is 7.89. The normalized spacial score (nSPS) is 17.8. The molecule has 0 aromatic heterocycles. The predicted octanol–water partition coefficient (Wildman–Crippen LogP) is 1.91. The molecule has 5 nitrogen and oxygen atoms in total. The van der Waals surface area contributed by atoms with Gasteiger partial charge in [0.25, 0.3) is 0 Å². The van der Waals surface area contributed by atoms with Crippen LogP contribution in [0.3, 0.4) is 0 Å². The number of halogens is 1. The fourth-order valence-electron chi connectivity index (χ4n) is 2.42. The smallest absolute Gasteiger partial charge is 0.207 e. The summed E-state index contributed by atoms with van der Waals surface area (Å²) in [6.07, 6.45) is 3.53. The molecule has 112 valence electrons. The minimum absolute atomic E-state index is 0.0781. The van der Waals surface area contributed by atoms with Crippen molar-refractivity contribution < 1.29 is 20.7 Å². The van der Waals surface area contributed by atoms with Gasteiger partial charge in [-0.3, -0.25) is 0 Å². The first kappa shape index (κ1) is 15.4. The van der Waals surface area contributed by atoms with Crippen molar-refractivity contribution in [2.75, 3.05) is 7.05 Å². The van der Waals surface area contributed by atoms with Crippen molar-refractivity contribution in [2.45, 2.75) is 41.5 Å². The van der Waals surface area contributed by atoms with Gasteiger partial charge in [0.1, 0.15) is 0 Å². The van der Waals surface area contributed by atoms with Crippen LogP contribution in [0.25, 0.3) is 0 Å². The second-order valence-corrected chi connectivity index (χ2v) is 8.22. The lowest BCUT2D eigenvalue weighted by atomic mass is 10.3. The molecule has 0 spiro atoms. The number of sulfonamides is 1. The lowest BCUT2D eigenvalue weighted by Gasteiger charge is -2.23. The molecule has 0 bridgehead atoms. The second kappa shape index (κ2) is 5.42. The highest BCUT2D eigenvalue weighted by atomic mass is 32.3. The van der Waals surface area contributed by atoms with E-state index in [2.05, 4.69) is 0 Å². The summed E-state index contributed by atoms with van der Waals surface area (Å²) in [6, 6.07) is 4.31. The Bertz CT molecular complexity index is 694. The van der Waals surface area contributed by atoms with E-state index in [1.807, 2.05) is 0 Å². The first-order valence-corrected chi connectivity index (χ1v) is 9.08. The molecule has 0 N–H and O–H groups in total. The topological polar surface area (TPSA) is 71.5 Å². The first-order valence-electron chi connectivity index (χ1n) is 6.26. The molecule has 0 saturated heterocycles. The fourth-order valence-corrected chi connectivity index (χ4v) is 4.46. The number of nitrogens with zero attached hydrogens (tertiary/aromatic N) is 1. The van der Waals surface area contributed by atoms with E-state index in [9.17, 15) is 20.7 Å². The molecule has 0 radical (unpaired) electrons. The summed E-state index contributed by atoms with van der Waals surface area (Å²) in [7, 11) is -7.24. The van der Waals surface area contributed by atoms with E-state index in [4.69, 9.17) is 0 Å². The molecule has 0 aliphatic heterocycles. The standard InChI is InChI=1S/C12H16FNO4S2/c1-14(10-5-2-3-6-10)20(17,18)12-8-4-7-11(9-12)19(13,15)16/h4,7-10H,2-3,5-6H2,1H3. The SMILES string of the molecule is CN(C1CCCC1)S(=O)(=O)c1cccc(S(=O)(=O)F)c1. The average Bonchev–Trinajstić information content (AvgIpc) is 2.90. The highest BCUT2D eigenvalue weighted by Gasteiger charge is 2.30. The number of hydrogen-bond acceptors (Lipinski definition) is 4. The van der Waals surface area contributed by atoms with Crippen LogP contribution in [0.1, 0.15) is 25.7 Å². The third-order valence-electron chi connectivity index (χ3n) is 3.60. The minimum atomic E-state index is -4.91. The van der Waals surface area contributed by atoms with Crippen molar-refractivity contribution in [1.82, 2.24) is 4.31 Å². The highest BCUT2D eigenvalue weighted by Crippen LogP contribution is 2.28. The molecule has 2 rings (SSSR count). The Kier molecular flexibility index (Phi) is 4.17. The zero-order valence-corrected chi connectivity index (χ0v) is 12.6. The van der Waals surface area contributed by atoms with Crippen LogP contribution >= 0.6 is 0 Å². The second-order valence-electron chi connectivity index (χ2n) is 4.87. The molecule has 8 heteroatoms. The summed E-state index contributed by atoms with van der Waals surface area (Å²) in [4.78, 5) is -0.843. The number of rotatable bonds is 4. The monoisotopic (exact) mass is 321 g/mol. The van der Waals surface area contributed by atoms with E-state index in [0.717, 1.165) is 37.8 Å². The van der Waals surface area contributed by atoms with Gasteiger partial charge in [0.05, 0.1) is 9.79 Å². The van der Waals surface area contributed by atoms with E-state index < -0.39 is 25.1 Å². The van der Waals surface area contributed by atoms with Gasteiger partial charge in [-0.25, -0.2) is 8.42 Å². The maximum atomic E-state index is 13.0. The summed E-state index contributed by atoms with van der Waals surface area (Å²) in [6.45, 7) is 0. The molecule has 1 aliphatic carbocycles. The van der Waals surface area contributed by atoms with Crippen LogP contribution in [-0.4, -0.2) is 34.2 Å². The average molecular weight is 321 g/mol. The molecule has 1 saturated carbocycles. The van der Waals surface area contributed by atoms with Crippen LogP contribution in [0.5, 0.6) is 0 Å². The van der Waals surface area contributed by atoms with Gasteiger partial charge in [-0.1, -0.05) is 18.9 Å². The molecule has 1 aromatic rings. The van der Waals surface area contributed by atoms with Gasteiger partial charge in [0.2, 0.25) is 10.0 Å². The van der Waals surface area contributed by atoms with Gasteiger partial charge in [-0.15, -0.1) is 3.89 Å². The van der Waals surface area contributed by atoms with Crippen molar-refractivity contribution in [3.8, 4) is 0 Å². The van der Waals surface area contributed by atoms with Crippen LogP contribution in [-0.2, 0) is 20.2 Å². The molecule has 1 aromatic carbocycles. The Labute approximate surface area is 118 Å². The lowest BCUT2D eigenvalue weighted by molar-refractivity contribution is 0.373. The summed E-state index contributed by atoms with van der Waals surface area (Å²) in [5.74, 6) is 0. The molecule has 1 aliphatic rings. The summed E-state index contributed by atoms with van der Waals surface area (Å²) in [5.41, 5.74) is 0. The Balaban J connectivity index is 2.39. The summed E-state index contributed by atoms with van der Waals surface area (Å²) >= 11 is 0. The molecule has 0 atom stereocenters. The Morgan fingerprint density at radius 1 is 1.10 bits per heavy atom. The predicted molar refractivity (Wildman–Crippen MR) is 71.9 cm³/mol. The number of benzene rings is 1. The molecular weight excluding hydrogens is 305 g/mol. The zero-order chi connectivity index (χ0) is 15.0. The third kappa shape index (κ3) is 3.02. The third-order valence-corrected chi connectivity index (χ3v) is 6.33. The van der Waals surface area contributed by atoms with Crippen LogP contribution in [0, 0.1) is 0 Å². The van der Waals surface area contributed by atoms with Crippen LogP contribution in [0.15, 0.2) is 34.1 Å². The molecule has 0 amide bonds. The van der Waals surface area contributed by atoms with E-state index in [1.54, 1.807) is 0 Å². The van der Waals surface area contributed by atoms with Crippen molar-refractivity contribution in [3.05, 3.63) is 24.3 Å². The van der Waals surface area contributed by atoms with E-state index in [1.165, 1.54) is 23.5 Å². The molecule has 0 heterocycles. The summed E-state index contributed by atoms with van der Waals surface area (Å²) < 4.78 is 60.7. The Morgan fingerprint density at radius 3 is 2.20 bits per heavy atom. The molecule has 1 fully saturated rings. The largest absolute Gasteiger partial charge is 0.332 e. The fraction of sp³-hybridized carbons (Fsp3) is 0.500.